The topological polar surface area (TPSA) is 77.8 Å². The minimum atomic E-state index is 0.264. The summed E-state index contributed by atoms with van der Waals surface area (Å²) in [5, 5.41) is 7.39. The van der Waals surface area contributed by atoms with E-state index in [1.807, 2.05) is 0 Å². The molecule has 0 bridgehead atoms. The molecule has 0 saturated heterocycles. The number of nitrogens with two attached hydrogens (primary N) is 2. The zero-order valence-corrected chi connectivity index (χ0v) is 6.97. The number of nitrogens with zero attached hydrogens (tertiary/aromatic N) is 2. The van der Waals surface area contributed by atoms with Crippen LogP contribution in [0.5, 0.6) is 0 Å². The zero-order chi connectivity index (χ0) is 8.97. The lowest BCUT2D eigenvalue weighted by Crippen LogP contribution is -1.98. The molecule has 0 radical (unpaired) electrons. The Balaban J connectivity index is 3.05. The summed E-state index contributed by atoms with van der Waals surface area (Å²) in [5.74, 6) is 5.63. The molecule has 0 aromatic carbocycles. The van der Waals surface area contributed by atoms with Crippen molar-refractivity contribution in [3.8, 4) is 11.8 Å². The van der Waals surface area contributed by atoms with Crippen molar-refractivity contribution in [1.82, 2.24) is 10.2 Å². The van der Waals surface area contributed by atoms with Crippen molar-refractivity contribution in [2.24, 2.45) is 5.73 Å². The van der Waals surface area contributed by atoms with Gasteiger partial charge in [0.2, 0.25) is 0 Å². The Kier molecular flexibility index (Phi) is 2.86. The molecule has 0 aliphatic heterocycles. The highest BCUT2D eigenvalue weighted by molar-refractivity contribution is 6.29. The molecule has 1 aromatic rings. The van der Waals surface area contributed by atoms with Crippen molar-refractivity contribution in [2.45, 2.75) is 0 Å². The Hall–Kier alpha value is -1.31. The van der Waals surface area contributed by atoms with Gasteiger partial charge in [0.25, 0.3) is 0 Å². The first-order chi connectivity index (χ1) is 5.74. The van der Waals surface area contributed by atoms with Crippen LogP contribution in [-0.2, 0) is 0 Å². The molecule has 1 rings (SSSR count). The van der Waals surface area contributed by atoms with Crippen LogP contribution in [-0.4, -0.2) is 16.7 Å². The maximum Gasteiger partial charge on any atom is 0.162 e. The molecule has 0 saturated carbocycles. The number of nitrogen functional groups attached to an aromatic ring is 1. The summed E-state index contributed by atoms with van der Waals surface area (Å²) in [5.41, 5.74) is 11.2. The maximum atomic E-state index is 5.57. The molecular weight excluding hydrogens is 176 g/mol. The van der Waals surface area contributed by atoms with Gasteiger partial charge in [-0.15, -0.1) is 10.2 Å². The second-order valence-corrected chi connectivity index (χ2v) is 2.36. The van der Waals surface area contributed by atoms with Gasteiger partial charge in [-0.3, -0.25) is 0 Å². The third-order valence-corrected chi connectivity index (χ3v) is 1.30. The fourth-order valence-electron chi connectivity index (χ4n) is 0.624. The van der Waals surface area contributed by atoms with Crippen molar-refractivity contribution >= 4 is 17.4 Å². The molecule has 4 N–H and O–H groups in total. The summed E-state index contributed by atoms with van der Waals surface area (Å²) in [4.78, 5) is 0. The Labute approximate surface area is 74.9 Å². The normalized spacial score (nSPS) is 8.83. The molecular formula is C7H7ClN4. The lowest BCUT2D eigenvalue weighted by atomic mass is 10.3. The van der Waals surface area contributed by atoms with E-state index in [-0.39, 0.29) is 17.5 Å². The van der Waals surface area contributed by atoms with Crippen LogP contribution < -0.4 is 11.5 Å². The highest BCUT2D eigenvalue weighted by atomic mass is 35.5. The van der Waals surface area contributed by atoms with Gasteiger partial charge in [-0.25, -0.2) is 0 Å². The van der Waals surface area contributed by atoms with Crippen LogP contribution in [0.1, 0.15) is 5.56 Å². The Bertz CT molecular complexity index is 339. The molecule has 0 spiro atoms. The van der Waals surface area contributed by atoms with Gasteiger partial charge in [0.1, 0.15) is 0 Å². The first-order valence-electron chi connectivity index (χ1n) is 3.21. The van der Waals surface area contributed by atoms with E-state index >= 15 is 0 Å². The van der Waals surface area contributed by atoms with Crippen LogP contribution in [0.4, 0.5) is 5.82 Å². The Morgan fingerprint density at radius 2 is 2.25 bits per heavy atom. The summed E-state index contributed by atoms with van der Waals surface area (Å²) >= 11 is 5.57. The number of aromatic nitrogens is 2. The van der Waals surface area contributed by atoms with E-state index in [0.29, 0.717) is 5.56 Å². The van der Waals surface area contributed by atoms with Crippen LogP contribution in [0.25, 0.3) is 0 Å². The number of halogens is 1. The van der Waals surface area contributed by atoms with Gasteiger partial charge in [-0.2, -0.15) is 0 Å². The smallest absolute Gasteiger partial charge is 0.162 e. The van der Waals surface area contributed by atoms with E-state index in [2.05, 4.69) is 22.0 Å². The van der Waals surface area contributed by atoms with Crippen LogP contribution >= 0.6 is 11.6 Å². The zero-order valence-electron chi connectivity index (χ0n) is 6.21. The van der Waals surface area contributed by atoms with Crippen molar-refractivity contribution in [2.75, 3.05) is 12.3 Å². The third kappa shape index (κ3) is 2.09. The van der Waals surface area contributed by atoms with Crippen molar-refractivity contribution < 1.29 is 0 Å². The fraction of sp³-hybridized carbons (Fsp3) is 0.143. The van der Waals surface area contributed by atoms with E-state index < -0.39 is 0 Å². The second-order valence-electron chi connectivity index (χ2n) is 1.97. The molecule has 12 heavy (non-hydrogen) atoms. The van der Waals surface area contributed by atoms with E-state index in [9.17, 15) is 0 Å². The van der Waals surface area contributed by atoms with Crippen molar-refractivity contribution in [3.05, 3.63) is 16.8 Å². The summed E-state index contributed by atoms with van der Waals surface area (Å²) in [6, 6.07) is 1.55. The third-order valence-electron chi connectivity index (χ3n) is 1.12. The summed E-state index contributed by atoms with van der Waals surface area (Å²) in [7, 11) is 0. The Morgan fingerprint density at radius 1 is 1.50 bits per heavy atom. The lowest BCUT2D eigenvalue weighted by Gasteiger charge is -1.94. The number of rotatable bonds is 0. The highest BCUT2D eigenvalue weighted by Crippen LogP contribution is 2.09. The molecule has 0 unspecified atom stereocenters. The van der Waals surface area contributed by atoms with Gasteiger partial charge >= 0.3 is 0 Å². The molecule has 1 heterocycles. The molecule has 0 aliphatic carbocycles. The molecule has 1 aromatic heterocycles. The number of anilines is 1. The lowest BCUT2D eigenvalue weighted by molar-refractivity contribution is 1.04. The molecule has 62 valence electrons. The van der Waals surface area contributed by atoms with E-state index in [0.717, 1.165) is 0 Å². The van der Waals surface area contributed by atoms with Crippen LogP contribution in [0.2, 0.25) is 5.15 Å². The molecule has 0 atom stereocenters. The quantitative estimate of drug-likeness (QED) is 0.555. The molecule has 4 nitrogen and oxygen atoms in total. The van der Waals surface area contributed by atoms with Crippen LogP contribution in [0, 0.1) is 11.8 Å². The second kappa shape index (κ2) is 3.90. The summed E-state index contributed by atoms with van der Waals surface area (Å²) < 4.78 is 0. The Morgan fingerprint density at radius 3 is 2.92 bits per heavy atom. The average Bonchev–Trinajstić information content (AvgIpc) is 2.07. The fourth-order valence-corrected chi connectivity index (χ4v) is 0.771. The van der Waals surface area contributed by atoms with E-state index in [1.165, 1.54) is 0 Å². The SMILES string of the molecule is NCC#Cc1cc(Cl)nnc1N. The first kappa shape index (κ1) is 8.78. The number of hydrogen-bond acceptors (Lipinski definition) is 4. The largest absolute Gasteiger partial charge is 0.381 e. The van der Waals surface area contributed by atoms with Gasteiger partial charge in [-0.1, -0.05) is 23.4 Å². The highest BCUT2D eigenvalue weighted by Gasteiger charge is 1.98. The minimum absolute atomic E-state index is 0.264. The van der Waals surface area contributed by atoms with Crippen LogP contribution in [0.3, 0.4) is 0 Å². The molecule has 5 heteroatoms. The molecule has 0 fully saturated rings. The van der Waals surface area contributed by atoms with Gasteiger partial charge in [0.15, 0.2) is 11.0 Å². The monoisotopic (exact) mass is 182 g/mol. The average molecular weight is 183 g/mol. The van der Waals surface area contributed by atoms with Crippen molar-refractivity contribution in [1.29, 1.82) is 0 Å². The van der Waals surface area contributed by atoms with E-state index in [1.54, 1.807) is 6.07 Å². The molecule has 0 amide bonds. The summed E-state index contributed by atoms with van der Waals surface area (Å²) in [6.07, 6.45) is 0. The number of hydrogen-bond donors (Lipinski definition) is 2. The minimum Gasteiger partial charge on any atom is -0.381 e. The van der Waals surface area contributed by atoms with Gasteiger partial charge < -0.3 is 11.5 Å². The van der Waals surface area contributed by atoms with Gasteiger partial charge in [-0.05, 0) is 6.07 Å². The maximum absolute atomic E-state index is 5.57. The van der Waals surface area contributed by atoms with Crippen LogP contribution in [0.15, 0.2) is 6.07 Å². The van der Waals surface area contributed by atoms with Crippen molar-refractivity contribution in [3.63, 3.8) is 0 Å². The standard InChI is InChI=1S/C7H7ClN4/c8-6-4-5(2-1-3-9)7(10)12-11-6/h4H,3,9H2,(H2,10,12). The van der Waals surface area contributed by atoms with Gasteiger partial charge in [0.05, 0.1) is 12.1 Å². The van der Waals surface area contributed by atoms with Gasteiger partial charge in [0, 0.05) is 0 Å². The van der Waals surface area contributed by atoms with E-state index in [4.69, 9.17) is 23.1 Å². The first-order valence-corrected chi connectivity index (χ1v) is 3.59. The predicted molar refractivity (Wildman–Crippen MR) is 47.4 cm³/mol. The molecule has 0 aliphatic rings. The summed E-state index contributed by atoms with van der Waals surface area (Å²) in [6.45, 7) is 0.277. The predicted octanol–water partition coefficient (Wildman–Crippen LogP) is 0.0224.